The molecular formula is C55H77N9O10S2. The molecule has 2 aromatic rings. The van der Waals surface area contributed by atoms with Gasteiger partial charge >= 0.3 is 5.97 Å². The van der Waals surface area contributed by atoms with Crippen molar-refractivity contribution in [1.82, 2.24) is 35.6 Å². The number of esters is 1. The number of thioether (sulfide) groups is 2. The molecule has 19 nitrogen and oxygen atoms in total. The summed E-state index contributed by atoms with van der Waals surface area (Å²) >= 11 is 2.72. The molecule has 4 heterocycles. The zero-order chi connectivity index (χ0) is 55.7. The average Bonchev–Trinajstić information content (AvgIpc) is 4.20. The lowest BCUT2D eigenvalue weighted by Crippen LogP contribution is -2.59. The summed E-state index contributed by atoms with van der Waals surface area (Å²) in [6.07, 6.45) is -1.34. The van der Waals surface area contributed by atoms with Crippen molar-refractivity contribution < 1.29 is 48.2 Å². The van der Waals surface area contributed by atoms with Crippen LogP contribution in [0, 0.1) is 17.8 Å². The fourth-order valence-electron chi connectivity index (χ4n) is 10.0. The Morgan fingerprint density at radius 1 is 0.658 bits per heavy atom. The molecule has 2 aromatic carbocycles. The number of likely N-dealkylation sites (N-methyl/N-ethyl adjacent to an activating group) is 3. The summed E-state index contributed by atoms with van der Waals surface area (Å²) in [6.45, 7) is 13.9. The van der Waals surface area contributed by atoms with Gasteiger partial charge < -0.3 is 45.4 Å². The minimum absolute atomic E-state index is 0.0399. The molecule has 0 radical (unpaired) electrons. The molecule has 21 heteroatoms. The third kappa shape index (κ3) is 14.4. The number of aliphatic imine (C=N–C) groups is 2. The van der Waals surface area contributed by atoms with E-state index in [1.54, 1.807) is 55.0 Å². The van der Waals surface area contributed by atoms with Crippen molar-refractivity contribution in [3.8, 4) is 0 Å². The summed E-state index contributed by atoms with van der Waals surface area (Å²) in [5.74, 6) is -5.50. The Hall–Kier alpha value is -5.80. The lowest BCUT2D eigenvalue weighted by atomic mass is 9.98. The van der Waals surface area contributed by atoms with Crippen LogP contribution in [0.2, 0.25) is 0 Å². The summed E-state index contributed by atoms with van der Waals surface area (Å²) in [7, 11) is 4.68. The first-order valence-electron chi connectivity index (χ1n) is 26.4. The van der Waals surface area contributed by atoms with Crippen molar-refractivity contribution in [2.24, 2.45) is 27.7 Å². The first-order chi connectivity index (χ1) is 36.0. The summed E-state index contributed by atoms with van der Waals surface area (Å²) in [6, 6.07) is 10.3. The molecule has 0 aromatic heterocycles. The van der Waals surface area contributed by atoms with E-state index in [1.807, 2.05) is 64.1 Å². The van der Waals surface area contributed by atoms with Crippen LogP contribution in [0.4, 0.5) is 0 Å². The number of hydrogen-bond acceptors (Lipinski definition) is 14. The van der Waals surface area contributed by atoms with Gasteiger partial charge in [0.1, 0.15) is 36.3 Å². The van der Waals surface area contributed by atoms with Crippen LogP contribution in [0.5, 0.6) is 0 Å². The van der Waals surface area contributed by atoms with Gasteiger partial charge in [-0.1, -0.05) is 88.4 Å². The number of amides is 7. The molecule has 414 valence electrons. The van der Waals surface area contributed by atoms with Crippen LogP contribution in [-0.4, -0.2) is 188 Å². The first kappa shape index (κ1) is 59.4. The Kier molecular flexibility index (Phi) is 20.7. The molecule has 0 saturated carbocycles. The predicted molar refractivity (Wildman–Crippen MR) is 294 cm³/mol. The molecule has 0 aliphatic carbocycles. The second-order valence-electron chi connectivity index (χ2n) is 21.3. The van der Waals surface area contributed by atoms with E-state index in [2.05, 4.69) is 16.0 Å². The van der Waals surface area contributed by atoms with Gasteiger partial charge in [-0.2, -0.15) is 0 Å². The maximum Gasteiger partial charge on any atom is 0.311 e. The molecule has 1 fully saturated rings. The molecule has 1 saturated heterocycles. The molecule has 7 amide bonds. The highest BCUT2D eigenvalue weighted by atomic mass is 32.2. The Bertz CT molecular complexity index is 2500. The Morgan fingerprint density at radius 3 is 1.84 bits per heavy atom. The number of hydrogen-bond donors (Lipinski definition) is 4. The molecule has 0 spiro atoms. The van der Waals surface area contributed by atoms with Crippen LogP contribution in [0.25, 0.3) is 0 Å². The number of ether oxygens (including phenoxy) is 1. The zero-order valence-electron chi connectivity index (χ0n) is 45.6. The molecule has 4 aliphatic heterocycles. The van der Waals surface area contributed by atoms with Crippen LogP contribution >= 0.6 is 23.5 Å². The lowest BCUT2D eigenvalue weighted by Gasteiger charge is -2.38. The largest absolute Gasteiger partial charge is 0.452 e. The van der Waals surface area contributed by atoms with Gasteiger partial charge in [-0.05, 0) is 76.3 Å². The smallest absolute Gasteiger partial charge is 0.311 e. The van der Waals surface area contributed by atoms with Crippen molar-refractivity contribution in [3.63, 3.8) is 0 Å². The standard InChI is InChI=1S/C55H77N9O10S2/c1-30(2)25-41-47(67)60-44(35(8)65)48(68)56-33(6)32(5)55(73)74-43(27-37-21-16-13-17-22-37)53(71)63(11)45(31(3)4)54(72)64-24-18-23-40(64)52(70)62(10)42(26-36-19-14-12-15-20-36)50-58-38(28-76-50)46(66)57-34(7)49-59-39(29-75-49)51(69)61(41)9/h12-17,19-22,30-35,38-45,65H,18,23-29H2,1-11H3,(H,56,68)(H,57,66)(H,60,67)/t32-,33-,34-,35-,38+,39+,40+,41-,42-,43+,44-,45?/m1/s1. The van der Waals surface area contributed by atoms with Crippen LogP contribution in [-0.2, 0) is 55.9 Å². The van der Waals surface area contributed by atoms with Crippen molar-refractivity contribution in [3.05, 3.63) is 71.8 Å². The molecule has 4 bridgehead atoms. The number of carbonyl (C=O) groups is 8. The van der Waals surface area contributed by atoms with Gasteiger partial charge in [0.25, 0.3) is 5.91 Å². The van der Waals surface area contributed by atoms with Gasteiger partial charge in [0, 0.05) is 51.7 Å². The maximum absolute atomic E-state index is 15.0. The van der Waals surface area contributed by atoms with E-state index in [9.17, 15) is 43.5 Å². The highest BCUT2D eigenvalue weighted by Crippen LogP contribution is 2.30. The monoisotopic (exact) mass is 1090 g/mol. The molecule has 1 unspecified atom stereocenters. The van der Waals surface area contributed by atoms with Crippen LogP contribution < -0.4 is 16.0 Å². The van der Waals surface area contributed by atoms with Crippen LogP contribution in [0.15, 0.2) is 70.6 Å². The number of benzene rings is 2. The van der Waals surface area contributed by atoms with Gasteiger partial charge in [0.2, 0.25) is 35.4 Å². The maximum atomic E-state index is 15.0. The predicted octanol–water partition coefficient (Wildman–Crippen LogP) is 3.11. The highest BCUT2D eigenvalue weighted by molar-refractivity contribution is 8.14. The number of carbonyl (C=O) groups excluding carboxylic acids is 8. The quantitative estimate of drug-likeness (QED) is 0.279. The molecule has 6 rings (SSSR count). The molecular weight excluding hydrogens is 1010 g/mol. The highest BCUT2D eigenvalue weighted by Gasteiger charge is 2.46. The number of aliphatic hydroxyl groups excluding tert-OH is 1. The normalized spacial score (nSPS) is 29.8. The topological polar surface area (TPSA) is 240 Å². The SMILES string of the molecule is CC(C)C[C@@H]1C(=O)N[C@H]([C@@H](C)O)C(=O)N[C@H](C)[C@@H](C)C(=O)O[C@@H](Cc2ccccc2)C(=O)N(C)C(C(C)C)C(=O)N2CCC[C@H]2C(=O)N(C)[C@H](Cc2ccccc2)C2=N[C@@H](CS2)C(=O)N[C@H](C)C2=N[C@@H](CS2)C(=O)N1C. The van der Waals surface area contributed by atoms with E-state index in [4.69, 9.17) is 14.7 Å². The van der Waals surface area contributed by atoms with E-state index in [1.165, 1.54) is 61.3 Å². The van der Waals surface area contributed by atoms with Gasteiger partial charge in [-0.25, -0.2) is 0 Å². The Labute approximate surface area is 455 Å². The van der Waals surface area contributed by atoms with Crippen molar-refractivity contribution in [2.45, 2.75) is 154 Å². The van der Waals surface area contributed by atoms with E-state index in [0.29, 0.717) is 40.7 Å². The van der Waals surface area contributed by atoms with Crippen molar-refractivity contribution in [1.29, 1.82) is 0 Å². The third-order valence-corrected chi connectivity index (χ3v) is 17.1. The lowest BCUT2D eigenvalue weighted by molar-refractivity contribution is -0.166. The summed E-state index contributed by atoms with van der Waals surface area (Å²) in [5.41, 5.74) is 1.62. The summed E-state index contributed by atoms with van der Waals surface area (Å²) in [4.78, 5) is 130. The van der Waals surface area contributed by atoms with Crippen LogP contribution in [0.3, 0.4) is 0 Å². The molecule has 4 aliphatic rings. The van der Waals surface area contributed by atoms with Gasteiger partial charge in [-0.3, -0.25) is 48.3 Å². The fraction of sp³-hybridized carbons (Fsp3) is 0.600. The number of nitrogens with zero attached hydrogens (tertiary/aromatic N) is 6. The Balaban J connectivity index is 1.37. The average molecular weight is 1090 g/mol. The van der Waals surface area contributed by atoms with E-state index in [0.717, 1.165) is 5.56 Å². The minimum atomic E-state index is -1.50. The van der Waals surface area contributed by atoms with E-state index < -0.39 is 114 Å². The van der Waals surface area contributed by atoms with E-state index in [-0.39, 0.29) is 42.9 Å². The summed E-state index contributed by atoms with van der Waals surface area (Å²) in [5, 5.41) is 20.4. The fourth-order valence-corrected chi connectivity index (χ4v) is 12.2. The first-order valence-corrected chi connectivity index (χ1v) is 28.3. The summed E-state index contributed by atoms with van der Waals surface area (Å²) < 4.78 is 6.05. The number of nitrogens with one attached hydrogen (secondary N) is 3. The molecule has 4 N–H and O–H groups in total. The zero-order valence-corrected chi connectivity index (χ0v) is 47.3. The Morgan fingerprint density at radius 2 is 1.24 bits per heavy atom. The minimum Gasteiger partial charge on any atom is -0.452 e. The number of fused-ring (bicyclic) bond motifs is 3. The van der Waals surface area contributed by atoms with E-state index >= 15 is 0 Å². The molecule has 12 atom stereocenters. The van der Waals surface area contributed by atoms with Gasteiger partial charge in [0.05, 0.1) is 34.2 Å². The van der Waals surface area contributed by atoms with Gasteiger partial charge in [-0.15, -0.1) is 23.5 Å². The molecule has 76 heavy (non-hydrogen) atoms. The van der Waals surface area contributed by atoms with Crippen molar-refractivity contribution in [2.75, 3.05) is 39.2 Å². The number of aliphatic hydroxyl groups is 1. The van der Waals surface area contributed by atoms with Crippen molar-refractivity contribution >= 4 is 80.9 Å². The third-order valence-electron chi connectivity index (χ3n) is 14.7. The van der Waals surface area contributed by atoms with Gasteiger partial charge in [0.15, 0.2) is 6.10 Å². The second kappa shape index (κ2) is 26.5. The number of rotatable bonds is 8. The van der Waals surface area contributed by atoms with Crippen LogP contribution in [0.1, 0.15) is 85.8 Å². The number of cyclic esters (lactones) is 1. The second-order valence-corrected chi connectivity index (χ2v) is 23.4.